The first-order valence-electron chi connectivity index (χ1n) is 7.25. The maximum absolute atomic E-state index is 11.8. The van der Waals surface area contributed by atoms with Gasteiger partial charge in [0.2, 0.25) is 5.91 Å². The van der Waals surface area contributed by atoms with Crippen molar-refractivity contribution in [3.05, 3.63) is 35.4 Å². The van der Waals surface area contributed by atoms with Gasteiger partial charge in [-0.3, -0.25) is 4.79 Å². The summed E-state index contributed by atoms with van der Waals surface area (Å²) in [5.74, 6) is 0.118. The molecule has 0 radical (unpaired) electrons. The fraction of sp³-hybridized carbons (Fsp3) is 0.562. The summed E-state index contributed by atoms with van der Waals surface area (Å²) < 4.78 is 0. The van der Waals surface area contributed by atoms with Gasteiger partial charge in [-0.1, -0.05) is 37.1 Å². The molecule has 19 heavy (non-hydrogen) atoms. The van der Waals surface area contributed by atoms with Crippen molar-refractivity contribution in [1.82, 2.24) is 10.6 Å². The average molecular weight is 260 g/mol. The molecule has 0 heterocycles. The molecule has 0 unspecified atom stereocenters. The molecular formula is C16H24N2O. The molecule has 0 saturated heterocycles. The van der Waals surface area contributed by atoms with Crippen LogP contribution in [0.5, 0.6) is 0 Å². The Balaban J connectivity index is 1.78. The van der Waals surface area contributed by atoms with Crippen molar-refractivity contribution in [3.63, 3.8) is 0 Å². The highest BCUT2D eigenvalue weighted by Gasteiger charge is 2.17. The topological polar surface area (TPSA) is 41.1 Å². The molecule has 0 aromatic heterocycles. The Bertz CT molecular complexity index is 425. The van der Waals surface area contributed by atoms with Crippen molar-refractivity contribution >= 4 is 5.91 Å². The van der Waals surface area contributed by atoms with Gasteiger partial charge in [0.1, 0.15) is 0 Å². The zero-order valence-corrected chi connectivity index (χ0v) is 11.9. The van der Waals surface area contributed by atoms with Crippen LogP contribution in [-0.4, -0.2) is 18.5 Å². The Morgan fingerprint density at radius 3 is 2.68 bits per heavy atom. The van der Waals surface area contributed by atoms with Gasteiger partial charge in [-0.2, -0.15) is 0 Å². The molecule has 3 nitrogen and oxygen atoms in total. The van der Waals surface area contributed by atoms with Crippen LogP contribution in [0.3, 0.4) is 0 Å². The standard InChI is InChI=1S/C16H24N2O/c1-12-7-3-6-10-15(12)13(2)17-11-16(19)18-14-8-4-5-9-14/h3,6-7,10,13-14,17H,4-5,8-9,11H2,1-2H3,(H,18,19)/t13-/m0/s1. The fourth-order valence-corrected chi connectivity index (χ4v) is 2.78. The van der Waals surface area contributed by atoms with Gasteiger partial charge < -0.3 is 10.6 Å². The SMILES string of the molecule is Cc1ccccc1[C@H](C)NCC(=O)NC1CCCC1. The second kappa shape index (κ2) is 6.71. The third-order valence-corrected chi connectivity index (χ3v) is 3.94. The van der Waals surface area contributed by atoms with E-state index in [0.29, 0.717) is 12.6 Å². The highest BCUT2D eigenvalue weighted by molar-refractivity contribution is 5.78. The van der Waals surface area contributed by atoms with Crippen molar-refractivity contribution in [2.24, 2.45) is 0 Å². The van der Waals surface area contributed by atoms with Crippen molar-refractivity contribution in [2.75, 3.05) is 6.54 Å². The number of amides is 1. The van der Waals surface area contributed by atoms with Crippen LogP contribution in [0.15, 0.2) is 24.3 Å². The maximum atomic E-state index is 11.8. The minimum Gasteiger partial charge on any atom is -0.352 e. The van der Waals surface area contributed by atoms with Gasteiger partial charge in [-0.25, -0.2) is 0 Å². The molecule has 1 aliphatic rings. The van der Waals surface area contributed by atoms with Crippen LogP contribution in [0.1, 0.15) is 49.8 Å². The molecule has 104 valence electrons. The largest absolute Gasteiger partial charge is 0.352 e. The summed E-state index contributed by atoms with van der Waals surface area (Å²) in [7, 11) is 0. The van der Waals surface area contributed by atoms with E-state index in [1.165, 1.54) is 24.0 Å². The summed E-state index contributed by atoms with van der Waals surface area (Å²) in [6.45, 7) is 4.60. The molecule has 0 spiro atoms. The van der Waals surface area contributed by atoms with Gasteiger partial charge in [0, 0.05) is 12.1 Å². The van der Waals surface area contributed by atoms with Crippen LogP contribution >= 0.6 is 0 Å². The predicted molar refractivity (Wildman–Crippen MR) is 78.0 cm³/mol. The Morgan fingerprint density at radius 2 is 2.00 bits per heavy atom. The summed E-state index contributed by atoms with van der Waals surface area (Å²) in [4.78, 5) is 11.8. The van der Waals surface area contributed by atoms with Crippen LogP contribution in [-0.2, 0) is 4.79 Å². The zero-order valence-electron chi connectivity index (χ0n) is 11.9. The first-order chi connectivity index (χ1) is 9.16. The number of nitrogens with one attached hydrogen (secondary N) is 2. The predicted octanol–water partition coefficient (Wildman–Crippen LogP) is 2.70. The van der Waals surface area contributed by atoms with Crippen LogP contribution in [0.25, 0.3) is 0 Å². The van der Waals surface area contributed by atoms with Gasteiger partial charge in [0.25, 0.3) is 0 Å². The number of carbonyl (C=O) groups is 1. The molecule has 1 aliphatic carbocycles. The van der Waals surface area contributed by atoms with E-state index in [0.717, 1.165) is 12.8 Å². The van der Waals surface area contributed by atoms with E-state index in [1.54, 1.807) is 0 Å². The molecule has 1 aromatic carbocycles. The lowest BCUT2D eigenvalue weighted by atomic mass is 10.0. The van der Waals surface area contributed by atoms with E-state index in [-0.39, 0.29) is 11.9 Å². The third-order valence-electron chi connectivity index (χ3n) is 3.94. The molecular weight excluding hydrogens is 236 g/mol. The Morgan fingerprint density at radius 1 is 1.32 bits per heavy atom. The van der Waals surface area contributed by atoms with Crippen LogP contribution in [0.2, 0.25) is 0 Å². The molecule has 3 heteroatoms. The summed E-state index contributed by atoms with van der Waals surface area (Å²) in [6, 6.07) is 8.91. The van der Waals surface area contributed by atoms with E-state index in [9.17, 15) is 4.79 Å². The molecule has 0 bridgehead atoms. The van der Waals surface area contributed by atoms with Crippen LogP contribution in [0.4, 0.5) is 0 Å². The van der Waals surface area contributed by atoms with Gasteiger partial charge in [-0.15, -0.1) is 0 Å². The molecule has 1 saturated carbocycles. The quantitative estimate of drug-likeness (QED) is 0.854. The average Bonchev–Trinajstić information content (AvgIpc) is 2.89. The lowest BCUT2D eigenvalue weighted by molar-refractivity contribution is -0.121. The Hall–Kier alpha value is -1.35. The van der Waals surface area contributed by atoms with Gasteiger partial charge in [0.15, 0.2) is 0 Å². The Kier molecular flexibility index (Phi) is 4.97. The number of hydrogen-bond acceptors (Lipinski definition) is 2. The Labute approximate surface area is 115 Å². The van der Waals surface area contributed by atoms with Crippen molar-refractivity contribution in [2.45, 2.75) is 51.6 Å². The molecule has 2 rings (SSSR count). The monoisotopic (exact) mass is 260 g/mol. The van der Waals surface area contributed by atoms with Crippen molar-refractivity contribution in [1.29, 1.82) is 0 Å². The summed E-state index contributed by atoms with van der Waals surface area (Å²) in [6.07, 6.45) is 4.77. The van der Waals surface area contributed by atoms with Crippen LogP contribution in [0, 0.1) is 6.92 Å². The first-order valence-corrected chi connectivity index (χ1v) is 7.25. The summed E-state index contributed by atoms with van der Waals surface area (Å²) >= 11 is 0. The first kappa shape index (κ1) is 14.1. The van der Waals surface area contributed by atoms with Crippen molar-refractivity contribution < 1.29 is 4.79 Å². The van der Waals surface area contributed by atoms with E-state index >= 15 is 0 Å². The van der Waals surface area contributed by atoms with Crippen LogP contribution < -0.4 is 10.6 Å². The normalized spacial score (nSPS) is 17.4. The maximum Gasteiger partial charge on any atom is 0.234 e. The second-order valence-corrected chi connectivity index (χ2v) is 5.51. The number of carbonyl (C=O) groups excluding carboxylic acids is 1. The molecule has 0 aliphatic heterocycles. The highest BCUT2D eigenvalue weighted by atomic mass is 16.1. The van der Waals surface area contributed by atoms with E-state index in [1.807, 2.05) is 12.1 Å². The smallest absolute Gasteiger partial charge is 0.234 e. The van der Waals surface area contributed by atoms with E-state index < -0.39 is 0 Å². The van der Waals surface area contributed by atoms with E-state index in [4.69, 9.17) is 0 Å². The zero-order chi connectivity index (χ0) is 13.7. The van der Waals surface area contributed by atoms with E-state index in [2.05, 4.69) is 36.6 Å². The molecule has 1 atom stereocenters. The molecule has 2 N–H and O–H groups in total. The second-order valence-electron chi connectivity index (χ2n) is 5.51. The lowest BCUT2D eigenvalue weighted by Gasteiger charge is -2.17. The number of benzene rings is 1. The number of hydrogen-bond donors (Lipinski definition) is 2. The molecule has 1 aromatic rings. The third kappa shape index (κ3) is 4.06. The molecule has 1 fully saturated rings. The van der Waals surface area contributed by atoms with Crippen molar-refractivity contribution in [3.8, 4) is 0 Å². The number of aryl methyl sites for hydroxylation is 1. The lowest BCUT2D eigenvalue weighted by Crippen LogP contribution is -2.39. The minimum absolute atomic E-state index is 0.118. The highest BCUT2D eigenvalue weighted by Crippen LogP contribution is 2.18. The number of rotatable bonds is 5. The minimum atomic E-state index is 0.118. The summed E-state index contributed by atoms with van der Waals surface area (Å²) in [5, 5.41) is 6.40. The van der Waals surface area contributed by atoms with Gasteiger partial charge >= 0.3 is 0 Å². The molecule has 1 amide bonds. The summed E-state index contributed by atoms with van der Waals surface area (Å²) in [5.41, 5.74) is 2.52. The van der Waals surface area contributed by atoms with Gasteiger partial charge in [-0.05, 0) is 37.8 Å². The van der Waals surface area contributed by atoms with Gasteiger partial charge in [0.05, 0.1) is 6.54 Å². The fourth-order valence-electron chi connectivity index (χ4n) is 2.78.